The summed E-state index contributed by atoms with van der Waals surface area (Å²) in [7, 11) is 0. The minimum atomic E-state index is -3.41. The zero-order chi connectivity index (χ0) is 14.0. The van der Waals surface area contributed by atoms with Gasteiger partial charge < -0.3 is 10.4 Å². The summed E-state index contributed by atoms with van der Waals surface area (Å²) in [5.74, 6) is -3.64. The second-order valence-corrected chi connectivity index (χ2v) is 5.02. The first kappa shape index (κ1) is 13.9. The monoisotopic (exact) mass is 291 g/mol. The number of carbonyl (C=O) groups is 1. The van der Waals surface area contributed by atoms with Gasteiger partial charge in [0.05, 0.1) is 6.54 Å². The lowest BCUT2D eigenvalue weighted by molar-refractivity contribution is -0.0462. The van der Waals surface area contributed by atoms with Crippen molar-refractivity contribution in [3.05, 3.63) is 22.1 Å². The van der Waals surface area contributed by atoms with Gasteiger partial charge >= 0.3 is 0 Å². The fourth-order valence-electron chi connectivity index (χ4n) is 1.53. The molecule has 19 heavy (non-hydrogen) atoms. The van der Waals surface area contributed by atoms with E-state index in [4.69, 9.17) is 5.11 Å². The summed E-state index contributed by atoms with van der Waals surface area (Å²) in [6.07, 6.45) is 1.08. The van der Waals surface area contributed by atoms with Crippen LogP contribution in [-0.4, -0.2) is 45.4 Å². The van der Waals surface area contributed by atoms with Crippen LogP contribution in [0.3, 0.4) is 0 Å². The van der Waals surface area contributed by atoms with Crippen molar-refractivity contribution >= 4 is 17.7 Å². The quantitative estimate of drug-likeness (QED) is 0.745. The Morgan fingerprint density at radius 3 is 3.05 bits per heavy atom. The lowest BCUT2D eigenvalue weighted by atomic mass is 10.3. The topological polar surface area (TPSA) is 84.2 Å². The summed E-state index contributed by atoms with van der Waals surface area (Å²) >= 11 is 1.39. The second kappa shape index (κ2) is 5.25. The molecule has 0 fully saturated rings. The smallest absolute Gasteiger partial charge is 0.287 e. The van der Waals surface area contributed by atoms with Crippen LogP contribution in [0.1, 0.15) is 10.4 Å². The number of aromatic nitrogens is 2. The molecule has 0 unspecified atom stereocenters. The number of rotatable bonds is 4. The summed E-state index contributed by atoms with van der Waals surface area (Å²) in [4.78, 5) is 27.5. The molecular formula is C10H11F2N3O3S. The van der Waals surface area contributed by atoms with Gasteiger partial charge in [0.2, 0.25) is 0 Å². The third kappa shape index (κ3) is 2.92. The van der Waals surface area contributed by atoms with Crippen LogP contribution in [0.15, 0.2) is 16.1 Å². The summed E-state index contributed by atoms with van der Waals surface area (Å²) < 4.78 is 26.9. The summed E-state index contributed by atoms with van der Waals surface area (Å²) in [6.45, 7) is -1.95. The van der Waals surface area contributed by atoms with Crippen LogP contribution in [0.5, 0.6) is 0 Å². The third-order valence-electron chi connectivity index (χ3n) is 2.54. The predicted octanol–water partition coefficient (Wildman–Crippen LogP) is -0.294. The standard InChI is InChI=1S/C10H11F2N3O3S/c11-10(12,5-16)4-14-7(17)6-3-13-9-15(8(6)18)1-2-19-9/h3,16H,1-2,4-5H2,(H,14,17). The molecule has 6 nitrogen and oxygen atoms in total. The van der Waals surface area contributed by atoms with Gasteiger partial charge in [-0.3, -0.25) is 14.2 Å². The third-order valence-corrected chi connectivity index (χ3v) is 3.51. The van der Waals surface area contributed by atoms with E-state index in [-0.39, 0.29) is 5.56 Å². The van der Waals surface area contributed by atoms with Crippen molar-refractivity contribution in [2.45, 2.75) is 17.6 Å². The SMILES string of the molecule is O=C(NCC(F)(F)CO)c1cnc2n(c1=O)CCS2. The summed E-state index contributed by atoms with van der Waals surface area (Å²) in [5, 5.41) is 10.8. The first-order chi connectivity index (χ1) is 8.94. The number of fused-ring (bicyclic) bond motifs is 1. The van der Waals surface area contributed by atoms with Gasteiger partial charge in [-0.25, -0.2) is 13.8 Å². The van der Waals surface area contributed by atoms with Crippen LogP contribution in [0, 0.1) is 0 Å². The highest BCUT2D eigenvalue weighted by atomic mass is 32.2. The Morgan fingerprint density at radius 2 is 2.37 bits per heavy atom. The Kier molecular flexibility index (Phi) is 3.85. The maximum Gasteiger partial charge on any atom is 0.287 e. The van der Waals surface area contributed by atoms with E-state index in [1.165, 1.54) is 16.3 Å². The molecule has 0 aromatic carbocycles. The number of thioether (sulfide) groups is 1. The molecule has 0 saturated carbocycles. The van der Waals surface area contributed by atoms with E-state index in [1.807, 2.05) is 5.32 Å². The van der Waals surface area contributed by atoms with Crippen LogP contribution >= 0.6 is 11.8 Å². The van der Waals surface area contributed by atoms with Crippen molar-refractivity contribution in [3.63, 3.8) is 0 Å². The molecule has 0 saturated heterocycles. The van der Waals surface area contributed by atoms with Crippen LogP contribution in [-0.2, 0) is 6.54 Å². The fraction of sp³-hybridized carbons (Fsp3) is 0.500. The highest BCUT2D eigenvalue weighted by molar-refractivity contribution is 7.99. The van der Waals surface area contributed by atoms with Crippen LogP contribution in [0.25, 0.3) is 0 Å². The van der Waals surface area contributed by atoms with Gasteiger partial charge in [0, 0.05) is 18.5 Å². The molecule has 1 aromatic heterocycles. The van der Waals surface area contributed by atoms with Crippen LogP contribution < -0.4 is 10.9 Å². The summed E-state index contributed by atoms with van der Waals surface area (Å²) in [6, 6.07) is 0. The molecule has 0 spiro atoms. The minimum absolute atomic E-state index is 0.278. The van der Waals surface area contributed by atoms with Crippen molar-refractivity contribution < 1.29 is 18.7 Å². The van der Waals surface area contributed by atoms with Crippen LogP contribution in [0.4, 0.5) is 8.78 Å². The molecular weight excluding hydrogens is 280 g/mol. The Labute approximate surface area is 110 Å². The normalized spacial score (nSPS) is 14.3. The van der Waals surface area contributed by atoms with Gasteiger partial charge in [-0.1, -0.05) is 11.8 Å². The van der Waals surface area contributed by atoms with E-state index in [1.54, 1.807) is 0 Å². The maximum absolute atomic E-state index is 12.8. The summed E-state index contributed by atoms with van der Waals surface area (Å²) in [5.41, 5.74) is -0.820. The predicted molar refractivity (Wildman–Crippen MR) is 63.6 cm³/mol. The van der Waals surface area contributed by atoms with E-state index < -0.39 is 30.5 Å². The number of nitrogens with one attached hydrogen (secondary N) is 1. The molecule has 2 rings (SSSR count). The molecule has 2 N–H and O–H groups in total. The zero-order valence-electron chi connectivity index (χ0n) is 9.73. The molecule has 1 amide bonds. The van der Waals surface area contributed by atoms with Gasteiger partial charge in [-0.05, 0) is 0 Å². The Morgan fingerprint density at radius 1 is 1.63 bits per heavy atom. The minimum Gasteiger partial charge on any atom is -0.390 e. The van der Waals surface area contributed by atoms with Crippen LogP contribution in [0.2, 0.25) is 0 Å². The molecule has 2 heterocycles. The van der Waals surface area contributed by atoms with Gasteiger partial charge in [0.1, 0.15) is 12.2 Å². The number of alkyl halides is 2. The van der Waals surface area contributed by atoms with Crippen molar-refractivity contribution in [3.8, 4) is 0 Å². The number of hydrogen-bond acceptors (Lipinski definition) is 5. The number of nitrogens with zero attached hydrogens (tertiary/aromatic N) is 2. The second-order valence-electron chi connectivity index (χ2n) is 3.96. The van der Waals surface area contributed by atoms with Gasteiger partial charge in [-0.2, -0.15) is 0 Å². The molecule has 0 atom stereocenters. The highest BCUT2D eigenvalue weighted by Crippen LogP contribution is 2.20. The molecule has 1 aromatic rings. The van der Waals surface area contributed by atoms with E-state index in [0.717, 1.165) is 6.20 Å². The fourth-order valence-corrected chi connectivity index (χ4v) is 2.45. The largest absolute Gasteiger partial charge is 0.390 e. The van der Waals surface area contributed by atoms with Crippen molar-refractivity contribution in [2.24, 2.45) is 0 Å². The van der Waals surface area contributed by atoms with E-state index in [0.29, 0.717) is 17.5 Å². The number of halogens is 2. The van der Waals surface area contributed by atoms with E-state index in [2.05, 4.69) is 4.98 Å². The maximum atomic E-state index is 12.8. The number of hydrogen-bond donors (Lipinski definition) is 2. The first-order valence-electron chi connectivity index (χ1n) is 5.44. The number of aliphatic hydroxyl groups is 1. The zero-order valence-corrected chi connectivity index (χ0v) is 10.5. The van der Waals surface area contributed by atoms with Gasteiger partial charge in [-0.15, -0.1) is 0 Å². The van der Waals surface area contributed by atoms with Gasteiger partial charge in [0.25, 0.3) is 17.4 Å². The lowest BCUT2D eigenvalue weighted by Crippen LogP contribution is -2.41. The molecule has 9 heteroatoms. The molecule has 104 valence electrons. The van der Waals surface area contributed by atoms with Crippen molar-refractivity contribution in [1.82, 2.24) is 14.9 Å². The number of aliphatic hydroxyl groups excluding tert-OH is 1. The molecule has 0 aliphatic carbocycles. The van der Waals surface area contributed by atoms with Gasteiger partial charge in [0.15, 0.2) is 5.16 Å². The van der Waals surface area contributed by atoms with E-state index in [9.17, 15) is 18.4 Å². The molecule has 1 aliphatic heterocycles. The average molecular weight is 291 g/mol. The highest BCUT2D eigenvalue weighted by Gasteiger charge is 2.29. The number of amides is 1. The first-order valence-corrected chi connectivity index (χ1v) is 6.43. The average Bonchev–Trinajstić information content (AvgIpc) is 2.86. The van der Waals surface area contributed by atoms with Crippen molar-refractivity contribution in [1.29, 1.82) is 0 Å². The van der Waals surface area contributed by atoms with E-state index >= 15 is 0 Å². The number of carbonyl (C=O) groups excluding carboxylic acids is 1. The lowest BCUT2D eigenvalue weighted by Gasteiger charge is -2.13. The Bertz CT molecular complexity index is 561. The molecule has 1 aliphatic rings. The van der Waals surface area contributed by atoms with Crippen molar-refractivity contribution in [2.75, 3.05) is 18.9 Å². The Balaban J connectivity index is 2.15. The molecule has 0 radical (unpaired) electrons. The Hall–Kier alpha value is -1.48. The molecule has 0 bridgehead atoms.